The van der Waals surface area contributed by atoms with E-state index < -0.39 is 0 Å². The summed E-state index contributed by atoms with van der Waals surface area (Å²) >= 11 is 12.4. The first-order valence-electron chi connectivity index (χ1n) is 3.98. The van der Waals surface area contributed by atoms with Crippen molar-refractivity contribution >= 4 is 61.1 Å². The maximum atomic E-state index is 5.84. The highest BCUT2D eigenvalue weighted by Gasteiger charge is 2.06. The van der Waals surface area contributed by atoms with Gasteiger partial charge in [-0.25, -0.2) is 4.99 Å². The minimum absolute atomic E-state index is 0.0382. The van der Waals surface area contributed by atoms with Crippen molar-refractivity contribution in [2.45, 2.75) is 0 Å². The van der Waals surface area contributed by atoms with Gasteiger partial charge in [-0.05, 0) is 44.0 Å². The lowest BCUT2D eigenvalue weighted by atomic mass is 10.3. The molecular weight excluding hydrogens is 361 g/mol. The van der Waals surface area contributed by atoms with Gasteiger partial charge in [-0.15, -0.1) is 0 Å². The molecular formula is C8H8Br2ClN5. The Labute approximate surface area is 114 Å². The Morgan fingerprint density at radius 2 is 1.62 bits per heavy atom. The number of aliphatic imine (C=N–C) groups is 2. The average molecular weight is 369 g/mol. The van der Waals surface area contributed by atoms with E-state index in [1.807, 2.05) is 0 Å². The topological polar surface area (TPSA) is 103 Å². The molecule has 0 radical (unpaired) electrons. The van der Waals surface area contributed by atoms with Gasteiger partial charge in [0.2, 0.25) is 5.96 Å². The van der Waals surface area contributed by atoms with Crippen molar-refractivity contribution in [2.75, 3.05) is 0 Å². The van der Waals surface area contributed by atoms with Crippen LogP contribution in [0.3, 0.4) is 0 Å². The molecule has 0 aliphatic carbocycles. The van der Waals surface area contributed by atoms with Gasteiger partial charge in [-0.3, -0.25) is 0 Å². The normalized spacial score (nSPS) is 11.3. The third-order valence-electron chi connectivity index (χ3n) is 1.45. The fraction of sp³-hybridized carbons (Fsp3) is 0. The van der Waals surface area contributed by atoms with Gasteiger partial charge < -0.3 is 17.2 Å². The molecule has 0 saturated carbocycles. The molecule has 0 bridgehead atoms. The molecule has 86 valence electrons. The Hall–Kier alpha value is -0.790. The minimum Gasteiger partial charge on any atom is -0.370 e. The summed E-state index contributed by atoms with van der Waals surface area (Å²) in [5.74, 6) is -0.189. The highest BCUT2D eigenvalue weighted by Crippen LogP contribution is 2.36. The molecule has 0 atom stereocenters. The summed E-state index contributed by atoms with van der Waals surface area (Å²) in [6.07, 6.45) is 0. The molecule has 0 amide bonds. The van der Waals surface area contributed by atoms with Gasteiger partial charge in [0, 0.05) is 14.0 Å². The van der Waals surface area contributed by atoms with Crippen LogP contribution in [0.5, 0.6) is 0 Å². The molecule has 1 aromatic carbocycles. The van der Waals surface area contributed by atoms with E-state index in [1.165, 1.54) is 0 Å². The number of benzene rings is 1. The zero-order valence-electron chi connectivity index (χ0n) is 7.92. The Kier molecular flexibility index (Phi) is 4.57. The summed E-state index contributed by atoms with van der Waals surface area (Å²) in [6, 6.07) is 3.38. The van der Waals surface area contributed by atoms with Gasteiger partial charge in [-0.2, -0.15) is 4.99 Å². The van der Waals surface area contributed by atoms with Crippen LogP contribution in [0.25, 0.3) is 0 Å². The van der Waals surface area contributed by atoms with Crippen LogP contribution in [0.4, 0.5) is 5.69 Å². The minimum atomic E-state index is -0.151. The Morgan fingerprint density at radius 1 is 1.12 bits per heavy atom. The van der Waals surface area contributed by atoms with Crippen LogP contribution in [-0.2, 0) is 0 Å². The Balaban J connectivity index is 3.20. The molecule has 0 aliphatic heterocycles. The second-order valence-corrected chi connectivity index (χ2v) is 4.87. The van der Waals surface area contributed by atoms with E-state index in [4.69, 9.17) is 28.8 Å². The van der Waals surface area contributed by atoms with Crippen molar-refractivity contribution in [2.24, 2.45) is 27.2 Å². The zero-order valence-corrected chi connectivity index (χ0v) is 11.8. The van der Waals surface area contributed by atoms with Crippen LogP contribution in [0, 0.1) is 0 Å². The highest BCUT2D eigenvalue weighted by atomic mass is 79.9. The number of nitrogens with two attached hydrogens (primary N) is 3. The predicted molar refractivity (Wildman–Crippen MR) is 73.9 cm³/mol. The molecule has 1 rings (SSSR count). The number of guanidine groups is 2. The summed E-state index contributed by atoms with van der Waals surface area (Å²) in [4.78, 5) is 7.64. The molecule has 1 aromatic rings. The fourth-order valence-electron chi connectivity index (χ4n) is 0.913. The highest BCUT2D eigenvalue weighted by molar-refractivity contribution is 9.11. The molecule has 0 fully saturated rings. The van der Waals surface area contributed by atoms with Crippen molar-refractivity contribution in [1.82, 2.24) is 0 Å². The van der Waals surface area contributed by atoms with Crippen molar-refractivity contribution < 1.29 is 0 Å². The summed E-state index contributed by atoms with van der Waals surface area (Å²) < 4.78 is 1.36. The third-order valence-corrected chi connectivity index (χ3v) is 2.88. The van der Waals surface area contributed by atoms with E-state index in [0.717, 1.165) is 0 Å². The Bertz CT molecular complexity index is 444. The number of hydrogen-bond donors (Lipinski definition) is 3. The quantitative estimate of drug-likeness (QED) is 0.522. The van der Waals surface area contributed by atoms with Gasteiger partial charge in [0.1, 0.15) is 0 Å². The Morgan fingerprint density at radius 3 is 2.06 bits per heavy atom. The molecule has 0 spiro atoms. The molecule has 16 heavy (non-hydrogen) atoms. The van der Waals surface area contributed by atoms with E-state index in [0.29, 0.717) is 19.7 Å². The molecule has 5 nitrogen and oxygen atoms in total. The van der Waals surface area contributed by atoms with Gasteiger partial charge in [0.15, 0.2) is 5.96 Å². The molecule has 0 aromatic heterocycles. The number of halogens is 3. The van der Waals surface area contributed by atoms with E-state index >= 15 is 0 Å². The van der Waals surface area contributed by atoms with Crippen LogP contribution in [0.2, 0.25) is 5.02 Å². The van der Waals surface area contributed by atoms with Crippen molar-refractivity contribution in [3.8, 4) is 0 Å². The smallest absolute Gasteiger partial charge is 0.223 e. The van der Waals surface area contributed by atoms with E-state index in [2.05, 4.69) is 41.8 Å². The summed E-state index contributed by atoms with van der Waals surface area (Å²) in [5.41, 5.74) is 16.4. The lowest BCUT2D eigenvalue weighted by molar-refractivity contribution is 1.36. The first-order chi connectivity index (χ1) is 7.40. The van der Waals surface area contributed by atoms with Crippen LogP contribution < -0.4 is 17.2 Å². The van der Waals surface area contributed by atoms with Crippen molar-refractivity contribution in [1.29, 1.82) is 0 Å². The largest absolute Gasteiger partial charge is 0.370 e. The van der Waals surface area contributed by atoms with E-state index in [9.17, 15) is 0 Å². The van der Waals surface area contributed by atoms with Gasteiger partial charge in [-0.1, -0.05) is 11.6 Å². The van der Waals surface area contributed by atoms with Gasteiger partial charge >= 0.3 is 0 Å². The number of nitrogens with zero attached hydrogens (tertiary/aromatic N) is 2. The first-order valence-corrected chi connectivity index (χ1v) is 5.95. The maximum absolute atomic E-state index is 5.84. The summed E-state index contributed by atoms with van der Waals surface area (Å²) in [7, 11) is 0. The van der Waals surface area contributed by atoms with E-state index in [1.54, 1.807) is 12.1 Å². The monoisotopic (exact) mass is 367 g/mol. The number of rotatable bonds is 1. The van der Waals surface area contributed by atoms with Crippen molar-refractivity contribution in [3.63, 3.8) is 0 Å². The SMILES string of the molecule is NC(N)=NC(N)=Nc1c(Br)cc(Cl)cc1Br. The fourth-order valence-corrected chi connectivity index (χ4v) is 2.76. The first kappa shape index (κ1) is 13.3. The third kappa shape index (κ3) is 3.66. The van der Waals surface area contributed by atoms with Crippen LogP contribution >= 0.6 is 43.5 Å². The van der Waals surface area contributed by atoms with Gasteiger partial charge in [0.25, 0.3) is 0 Å². The molecule has 0 heterocycles. The summed E-state index contributed by atoms with van der Waals surface area (Å²) in [5, 5.41) is 0.568. The molecule has 6 N–H and O–H groups in total. The molecule has 0 saturated heterocycles. The van der Waals surface area contributed by atoms with Crippen molar-refractivity contribution in [3.05, 3.63) is 26.1 Å². The van der Waals surface area contributed by atoms with E-state index in [-0.39, 0.29) is 11.9 Å². The number of hydrogen-bond acceptors (Lipinski definition) is 1. The zero-order chi connectivity index (χ0) is 12.3. The average Bonchev–Trinajstić information content (AvgIpc) is 2.09. The summed E-state index contributed by atoms with van der Waals surface area (Å²) in [6.45, 7) is 0. The second-order valence-electron chi connectivity index (χ2n) is 2.72. The second kappa shape index (κ2) is 5.51. The van der Waals surface area contributed by atoms with Crippen LogP contribution in [0.1, 0.15) is 0 Å². The lowest BCUT2D eigenvalue weighted by Gasteiger charge is -2.03. The maximum Gasteiger partial charge on any atom is 0.223 e. The van der Waals surface area contributed by atoms with Crippen LogP contribution in [-0.4, -0.2) is 11.9 Å². The molecule has 8 heteroatoms. The molecule has 0 unspecified atom stereocenters. The van der Waals surface area contributed by atoms with Crippen LogP contribution in [0.15, 0.2) is 31.1 Å². The van der Waals surface area contributed by atoms with Gasteiger partial charge in [0.05, 0.1) is 5.69 Å². The molecule has 0 aliphatic rings. The predicted octanol–water partition coefficient (Wildman–Crippen LogP) is 2.08. The standard InChI is InChI=1S/C8H8Br2ClN5/c9-4-1-3(11)2-5(10)6(4)15-8(14)16-7(12)13/h1-2H,(H6,12,13,14,15,16). The lowest BCUT2D eigenvalue weighted by Crippen LogP contribution is -2.26.